The Balaban J connectivity index is 2.01. The van der Waals surface area contributed by atoms with Gasteiger partial charge in [-0.25, -0.2) is 0 Å². The fourth-order valence-corrected chi connectivity index (χ4v) is 3.95. The Labute approximate surface area is 158 Å². The molecule has 0 atom stereocenters. The summed E-state index contributed by atoms with van der Waals surface area (Å²) >= 11 is 11.2. The number of nitrogens with one attached hydrogen (secondary N) is 1. The number of anilines is 1. The second-order valence-electron chi connectivity index (χ2n) is 5.11. The lowest BCUT2D eigenvalue weighted by atomic mass is 10.2. The molecule has 8 heteroatoms. The molecule has 0 aliphatic rings. The molecule has 0 aliphatic heterocycles. The molecule has 0 bridgehead atoms. The van der Waals surface area contributed by atoms with E-state index in [0.717, 1.165) is 3.79 Å². The number of likely N-dealkylation sites (N-methyl/N-ethyl adjacent to an activating group) is 1. The van der Waals surface area contributed by atoms with Gasteiger partial charge in [0.1, 0.15) is 11.5 Å². The van der Waals surface area contributed by atoms with Crippen molar-refractivity contribution in [3.63, 3.8) is 0 Å². The number of benzene rings is 1. The van der Waals surface area contributed by atoms with Crippen LogP contribution in [0.15, 0.2) is 28.1 Å². The number of hydrogen-bond acceptors (Lipinski definition) is 5. The predicted molar refractivity (Wildman–Crippen MR) is 102 cm³/mol. The van der Waals surface area contributed by atoms with E-state index in [1.54, 1.807) is 23.5 Å². The minimum atomic E-state index is -0.143. The maximum atomic E-state index is 12.3. The smallest absolute Gasteiger partial charge is 0.238 e. The van der Waals surface area contributed by atoms with E-state index in [-0.39, 0.29) is 12.5 Å². The van der Waals surface area contributed by atoms with Crippen molar-refractivity contribution in [3.8, 4) is 11.5 Å². The molecule has 1 N–H and O–H groups in total. The first kappa shape index (κ1) is 19.1. The SMILES string of the molecule is COc1cc(NC(=O)CN(C)Cc2ccc(Br)s2)c(OC)cc1Cl. The van der Waals surface area contributed by atoms with Gasteiger partial charge in [-0.15, -0.1) is 11.3 Å². The average Bonchev–Trinajstić information content (AvgIpc) is 2.93. The predicted octanol–water partition coefficient (Wildman–Crippen LogP) is 4.25. The number of amides is 1. The summed E-state index contributed by atoms with van der Waals surface area (Å²) < 4.78 is 11.5. The van der Waals surface area contributed by atoms with E-state index in [0.29, 0.717) is 28.8 Å². The van der Waals surface area contributed by atoms with Crippen LogP contribution in [0.3, 0.4) is 0 Å². The van der Waals surface area contributed by atoms with E-state index in [2.05, 4.69) is 21.2 Å². The largest absolute Gasteiger partial charge is 0.495 e. The second kappa shape index (κ2) is 8.71. The van der Waals surface area contributed by atoms with Gasteiger partial charge < -0.3 is 14.8 Å². The van der Waals surface area contributed by atoms with E-state index < -0.39 is 0 Å². The Morgan fingerprint density at radius 3 is 2.58 bits per heavy atom. The summed E-state index contributed by atoms with van der Waals surface area (Å²) in [5.74, 6) is 0.819. The summed E-state index contributed by atoms with van der Waals surface area (Å²) in [6.45, 7) is 0.953. The highest BCUT2D eigenvalue weighted by molar-refractivity contribution is 9.11. The fraction of sp³-hybridized carbons (Fsp3) is 0.312. The summed E-state index contributed by atoms with van der Waals surface area (Å²) in [6.07, 6.45) is 0. The Kier molecular flexibility index (Phi) is 6.91. The van der Waals surface area contributed by atoms with Gasteiger partial charge in [-0.3, -0.25) is 9.69 Å². The summed E-state index contributed by atoms with van der Waals surface area (Å²) in [6, 6.07) is 7.30. The van der Waals surface area contributed by atoms with E-state index in [1.807, 2.05) is 24.1 Å². The van der Waals surface area contributed by atoms with Gasteiger partial charge in [-0.05, 0) is 35.1 Å². The van der Waals surface area contributed by atoms with Crippen LogP contribution in [0.4, 0.5) is 5.69 Å². The van der Waals surface area contributed by atoms with Gasteiger partial charge in [0.15, 0.2) is 0 Å². The topological polar surface area (TPSA) is 50.8 Å². The number of carbonyl (C=O) groups excluding carboxylic acids is 1. The molecule has 24 heavy (non-hydrogen) atoms. The third-order valence-electron chi connectivity index (χ3n) is 3.22. The van der Waals surface area contributed by atoms with Gasteiger partial charge in [-0.2, -0.15) is 0 Å². The van der Waals surface area contributed by atoms with Crippen molar-refractivity contribution in [1.82, 2.24) is 4.90 Å². The molecule has 1 amide bonds. The molecule has 0 unspecified atom stereocenters. The number of nitrogens with zero attached hydrogens (tertiary/aromatic N) is 1. The Morgan fingerprint density at radius 1 is 1.29 bits per heavy atom. The zero-order chi connectivity index (χ0) is 17.7. The molecule has 130 valence electrons. The zero-order valence-corrected chi connectivity index (χ0v) is 16.7. The highest BCUT2D eigenvalue weighted by Crippen LogP contribution is 2.35. The molecule has 0 saturated heterocycles. The zero-order valence-electron chi connectivity index (χ0n) is 13.6. The van der Waals surface area contributed by atoms with Gasteiger partial charge in [0.25, 0.3) is 0 Å². The molecule has 1 aromatic heterocycles. The number of carbonyl (C=O) groups is 1. The van der Waals surface area contributed by atoms with Crippen LogP contribution in [-0.2, 0) is 11.3 Å². The van der Waals surface area contributed by atoms with Crippen molar-refractivity contribution in [3.05, 3.63) is 38.0 Å². The van der Waals surface area contributed by atoms with Crippen LogP contribution in [0.2, 0.25) is 5.02 Å². The van der Waals surface area contributed by atoms with Gasteiger partial charge in [-0.1, -0.05) is 11.6 Å². The normalized spacial score (nSPS) is 10.8. The first-order valence-corrected chi connectivity index (χ1v) is 9.05. The third kappa shape index (κ3) is 5.11. The van der Waals surface area contributed by atoms with Crippen molar-refractivity contribution < 1.29 is 14.3 Å². The van der Waals surface area contributed by atoms with Crippen molar-refractivity contribution >= 4 is 50.5 Å². The molecule has 0 fully saturated rings. The number of ether oxygens (including phenoxy) is 2. The molecule has 0 radical (unpaired) electrons. The summed E-state index contributed by atoms with van der Waals surface area (Å²) in [4.78, 5) is 15.4. The van der Waals surface area contributed by atoms with Crippen LogP contribution in [0.25, 0.3) is 0 Å². The molecule has 0 spiro atoms. The van der Waals surface area contributed by atoms with E-state index in [9.17, 15) is 4.79 Å². The van der Waals surface area contributed by atoms with E-state index in [1.165, 1.54) is 19.1 Å². The lowest BCUT2D eigenvalue weighted by Crippen LogP contribution is -2.29. The highest BCUT2D eigenvalue weighted by Gasteiger charge is 2.14. The van der Waals surface area contributed by atoms with Crippen LogP contribution < -0.4 is 14.8 Å². The molecule has 1 heterocycles. The second-order valence-corrected chi connectivity index (χ2v) is 8.07. The maximum Gasteiger partial charge on any atom is 0.238 e. The number of halogens is 2. The van der Waals surface area contributed by atoms with E-state index in [4.69, 9.17) is 21.1 Å². The van der Waals surface area contributed by atoms with Crippen LogP contribution in [0, 0.1) is 0 Å². The number of methoxy groups -OCH3 is 2. The minimum Gasteiger partial charge on any atom is -0.495 e. The lowest BCUT2D eigenvalue weighted by Gasteiger charge is -2.17. The molecular weight excluding hydrogens is 416 g/mol. The maximum absolute atomic E-state index is 12.3. The molecule has 2 aromatic rings. The molecule has 5 nitrogen and oxygen atoms in total. The lowest BCUT2D eigenvalue weighted by molar-refractivity contribution is -0.117. The Bertz CT molecular complexity index is 723. The average molecular weight is 434 g/mol. The van der Waals surface area contributed by atoms with Gasteiger partial charge in [0.2, 0.25) is 5.91 Å². The van der Waals surface area contributed by atoms with Gasteiger partial charge in [0, 0.05) is 23.6 Å². The first-order chi connectivity index (χ1) is 11.4. The molecule has 0 saturated carbocycles. The molecular formula is C16H18BrClN2O3S. The molecule has 0 aliphatic carbocycles. The van der Waals surface area contributed by atoms with Crippen LogP contribution in [0.1, 0.15) is 4.88 Å². The van der Waals surface area contributed by atoms with Crippen molar-refractivity contribution in [1.29, 1.82) is 0 Å². The number of rotatable bonds is 7. The van der Waals surface area contributed by atoms with Crippen LogP contribution in [-0.4, -0.2) is 38.6 Å². The molecule has 2 rings (SSSR count). The fourth-order valence-electron chi connectivity index (χ4n) is 2.15. The summed E-state index contributed by atoms with van der Waals surface area (Å²) in [5.41, 5.74) is 0.524. The van der Waals surface area contributed by atoms with Crippen LogP contribution in [0.5, 0.6) is 11.5 Å². The standard InChI is InChI=1S/C16H18BrClN2O3S/c1-20(8-10-4-5-15(17)24-10)9-16(21)19-12-7-13(22-2)11(18)6-14(12)23-3/h4-7H,8-9H2,1-3H3,(H,19,21). The quantitative estimate of drug-likeness (QED) is 0.709. The third-order valence-corrected chi connectivity index (χ3v) is 5.12. The monoisotopic (exact) mass is 432 g/mol. The summed E-state index contributed by atoms with van der Waals surface area (Å²) in [7, 11) is 4.94. The minimum absolute atomic E-state index is 0.143. The Hall–Kier alpha value is -1.28. The van der Waals surface area contributed by atoms with Gasteiger partial charge in [0.05, 0.1) is 35.3 Å². The Morgan fingerprint density at radius 2 is 2.00 bits per heavy atom. The first-order valence-electron chi connectivity index (χ1n) is 7.07. The van der Waals surface area contributed by atoms with Crippen molar-refractivity contribution in [2.24, 2.45) is 0 Å². The highest BCUT2D eigenvalue weighted by atomic mass is 79.9. The summed E-state index contributed by atoms with van der Waals surface area (Å²) in [5, 5.41) is 3.26. The number of thiophene rings is 1. The van der Waals surface area contributed by atoms with Gasteiger partial charge >= 0.3 is 0 Å². The van der Waals surface area contributed by atoms with Crippen molar-refractivity contribution in [2.75, 3.05) is 33.1 Å². The van der Waals surface area contributed by atoms with Crippen molar-refractivity contribution in [2.45, 2.75) is 6.54 Å². The molecule has 1 aromatic carbocycles. The van der Waals surface area contributed by atoms with Crippen LogP contribution >= 0.6 is 38.9 Å². The number of hydrogen-bond donors (Lipinski definition) is 1. The van der Waals surface area contributed by atoms with E-state index >= 15 is 0 Å².